The lowest BCUT2D eigenvalue weighted by Crippen LogP contribution is -2.50. The van der Waals surface area contributed by atoms with E-state index >= 15 is 0 Å². The summed E-state index contributed by atoms with van der Waals surface area (Å²) in [6, 6.07) is 15.0. The summed E-state index contributed by atoms with van der Waals surface area (Å²) >= 11 is 0. The minimum atomic E-state index is -0.296. The van der Waals surface area contributed by atoms with Gasteiger partial charge in [0.05, 0.1) is 17.4 Å². The van der Waals surface area contributed by atoms with Gasteiger partial charge in [-0.25, -0.2) is 9.37 Å². The fourth-order valence-corrected chi connectivity index (χ4v) is 4.94. The van der Waals surface area contributed by atoms with Gasteiger partial charge in [0, 0.05) is 32.2 Å². The molecule has 2 fully saturated rings. The summed E-state index contributed by atoms with van der Waals surface area (Å²) < 4.78 is 21.7. The second-order valence-electron chi connectivity index (χ2n) is 8.76. The molecule has 0 radical (unpaired) electrons. The molecular weight excluding hydrogens is 407 g/mol. The molecule has 2 aliphatic heterocycles. The summed E-state index contributed by atoms with van der Waals surface area (Å²) in [5, 5.41) is 0. The molecule has 3 heterocycles. The largest absolute Gasteiger partial charge is 0.487 e. The van der Waals surface area contributed by atoms with E-state index in [2.05, 4.69) is 9.88 Å². The van der Waals surface area contributed by atoms with Gasteiger partial charge in [0.15, 0.2) is 11.6 Å². The Bertz CT molecular complexity index is 1070. The Balaban J connectivity index is 1.09. The van der Waals surface area contributed by atoms with Crippen LogP contribution in [0, 0.1) is 5.82 Å². The molecule has 0 aliphatic carbocycles. The van der Waals surface area contributed by atoms with Crippen LogP contribution in [0.25, 0.3) is 11.0 Å². The number of fused-ring (bicyclic) bond motifs is 1. The molecule has 32 heavy (non-hydrogen) atoms. The van der Waals surface area contributed by atoms with Crippen LogP contribution >= 0.6 is 0 Å². The van der Waals surface area contributed by atoms with Gasteiger partial charge in [-0.05, 0) is 49.9 Å². The Hall–Kier alpha value is -2.93. The number of nitrogens with zero attached hydrogens (tertiary/aromatic N) is 4. The van der Waals surface area contributed by atoms with Crippen molar-refractivity contribution in [2.45, 2.75) is 44.4 Å². The zero-order chi connectivity index (χ0) is 21.9. The standard InChI is InChI=1S/C25H29FN4O2/c26-21-5-1-4-8-24(21)32-20-11-15-28(16-12-20)19-9-13-29(14-10-19)25(31)17-30-18-27-22-6-2-3-7-23(22)30/h1-8,18-20H,9-17H2. The molecule has 2 saturated heterocycles. The minimum absolute atomic E-state index is 0.0646. The monoisotopic (exact) mass is 436 g/mol. The molecule has 2 aromatic carbocycles. The van der Waals surface area contributed by atoms with Crippen molar-refractivity contribution in [2.24, 2.45) is 0 Å². The van der Waals surface area contributed by atoms with Crippen molar-refractivity contribution in [1.29, 1.82) is 0 Å². The highest BCUT2D eigenvalue weighted by Gasteiger charge is 2.30. The third-order valence-electron chi connectivity index (χ3n) is 6.77. The number of hydrogen-bond acceptors (Lipinski definition) is 4. The van der Waals surface area contributed by atoms with E-state index < -0.39 is 0 Å². The molecular formula is C25H29FN4O2. The number of halogens is 1. The molecule has 0 atom stereocenters. The molecule has 2 aliphatic rings. The number of rotatable bonds is 5. The molecule has 1 amide bonds. The van der Waals surface area contributed by atoms with Gasteiger partial charge in [0.1, 0.15) is 12.6 Å². The maximum absolute atomic E-state index is 13.8. The quantitative estimate of drug-likeness (QED) is 0.612. The van der Waals surface area contributed by atoms with E-state index in [1.165, 1.54) is 6.07 Å². The van der Waals surface area contributed by atoms with Crippen LogP contribution in [-0.4, -0.2) is 63.6 Å². The molecule has 5 rings (SSSR count). The fourth-order valence-electron chi connectivity index (χ4n) is 4.94. The first-order valence-electron chi connectivity index (χ1n) is 11.5. The molecule has 7 heteroatoms. The second kappa shape index (κ2) is 9.28. The smallest absolute Gasteiger partial charge is 0.242 e. The van der Waals surface area contributed by atoms with Crippen LogP contribution in [-0.2, 0) is 11.3 Å². The average molecular weight is 437 g/mol. The maximum Gasteiger partial charge on any atom is 0.242 e. The SMILES string of the molecule is O=C(Cn1cnc2ccccc21)N1CCC(N2CCC(Oc3ccccc3F)CC2)CC1. The molecule has 0 bridgehead atoms. The number of likely N-dealkylation sites (tertiary alicyclic amines) is 2. The van der Waals surface area contributed by atoms with Gasteiger partial charge in [-0.1, -0.05) is 24.3 Å². The molecule has 0 unspecified atom stereocenters. The second-order valence-corrected chi connectivity index (χ2v) is 8.76. The predicted octanol–water partition coefficient (Wildman–Crippen LogP) is 3.71. The van der Waals surface area contributed by atoms with Crippen LogP contribution in [0.3, 0.4) is 0 Å². The number of piperidine rings is 2. The van der Waals surface area contributed by atoms with E-state index in [-0.39, 0.29) is 17.8 Å². The van der Waals surface area contributed by atoms with Crippen molar-refractivity contribution in [2.75, 3.05) is 26.2 Å². The molecule has 0 spiro atoms. The van der Waals surface area contributed by atoms with Gasteiger partial charge < -0.3 is 14.2 Å². The third-order valence-corrected chi connectivity index (χ3v) is 6.77. The number of para-hydroxylation sites is 3. The number of ether oxygens (including phenoxy) is 1. The van der Waals surface area contributed by atoms with E-state index in [1.54, 1.807) is 24.5 Å². The number of carbonyl (C=O) groups excluding carboxylic acids is 1. The zero-order valence-corrected chi connectivity index (χ0v) is 18.2. The average Bonchev–Trinajstić information content (AvgIpc) is 3.24. The number of aromatic nitrogens is 2. The molecule has 1 aromatic heterocycles. The van der Waals surface area contributed by atoms with E-state index in [0.29, 0.717) is 18.3 Å². The first-order valence-corrected chi connectivity index (χ1v) is 11.5. The summed E-state index contributed by atoms with van der Waals surface area (Å²) in [6.07, 6.45) is 5.62. The summed E-state index contributed by atoms with van der Waals surface area (Å²) in [4.78, 5) is 21.7. The maximum atomic E-state index is 13.8. The highest BCUT2D eigenvalue weighted by atomic mass is 19.1. The Morgan fingerprint density at radius 1 is 0.969 bits per heavy atom. The van der Waals surface area contributed by atoms with E-state index in [4.69, 9.17) is 4.74 Å². The predicted molar refractivity (Wildman–Crippen MR) is 121 cm³/mol. The van der Waals surface area contributed by atoms with Crippen LogP contribution in [0.15, 0.2) is 54.9 Å². The lowest BCUT2D eigenvalue weighted by atomic mass is 9.98. The topological polar surface area (TPSA) is 50.6 Å². The van der Waals surface area contributed by atoms with Gasteiger partial charge in [0.25, 0.3) is 0 Å². The number of amides is 1. The zero-order valence-electron chi connectivity index (χ0n) is 18.2. The van der Waals surface area contributed by atoms with Crippen LogP contribution in [0.2, 0.25) is 0 Å². The van der Waals surface area contributed by atoms with Crippen molar-refractivity contribution < 1.29 is 13.9 Å². The number of carbonyl (C=O) groups is 1. The number of benzene rings is 2. The van der Waals surface area contributed by atoms with Gasteiger partial charge >= 0.3 is 0 Å². The molecule has 3 aromatic rings. The third kappa shape index (κ3) is 4.48. The molecule has 0 N–H and O–H groups in total. The lowest BCUT2D eigenvalue weighted by Gasteiger charge is -2.41. The van der Waals surface area contributed by atoms with Crippen molar-refractivity contribution in [3.8, 4) is 5.75 Å². The van der Waals surface area contributed by atoms with Crippen molar-refractivity contribution >= 4 is 16.9 Å². The minimum Gasteiger partial charge on any atom is -0.487 e. The van der Waals surface area contributed by atoms with Crippen LogP contribution in [0.5, 0.6) is 5.75 Å². The van der Waals surface area contributed by atoms with Crippen molar-refractivity contribution in [1.82, 2.24) is 19.4 Å². The van der Waals surface area contributed by atoms with Gasteiger partial charge in [0.2, 0.25) is 5.91 Å². The summed E-state index contributed by atoms with van der Waals surface area (Å²) in [5.74, 6) is 0.211. The van der Waals surface area contributed by atoms with E-state index in [9.17, 15) is 9.18 Å². The number of hydrogen-bond donors (Lipinski definition) is 0. The first kappa shape index (κ1) is 20.9. The first-order chi connectivity index (χ1) is 15.7. The van der Waals surface area contributed by atoms with Gasteiger partial charge in [-0.3, -0.25) is 9.69 Å². The highest BCUT2D eigenvalue weighted by molar-refractivity contribution is 5.80. The lowest BCUT2D eigenvalue weighted by molar-refractivity contribution is -0.133. The van der Waals surface area contributed by atoms with Gasteiger partial charge in [-0.2, -0.15) is 0 Å². The van der Waals surface area contributed by atoms with Crippen molar-refractivity contribution in [3.05, 3.63) is 60.7 Å². The molecule has 168 valence electrons. The van der Waals surface area contributed by atoms with Gasteiger partial charge in [-0.15, -0.1) is 0 Å². The highest BCUT2D eigenvalue weighted by Crippen LogP contribution is 2.25. The Labute approximate surface area is 187 Å². The van der Waals surface area contributed by atoms with E-state index in [0.717, 1.165) is 62.9 Å². The van der Waals surface area contributed by atoms with Crippen molar-refractivity contribution in [3.63, 3.8) is 0 Å². The molecule has 6 nitrogen and oxygen atoms in total. The summed E-state index contributed by atoms with van der Waals surface area (Å²) in [6.45, 7) is 3.84. The van der Waals surface area contributed by atoms with E-state index in [1.807, 2.05) is 33.7 Å². The van der Waals surface area contributed by atoms with Crippen LogP contribution in [0.4, 0.5) is 4.39 Å². The normalized spacial score (nSPS) is 18.8. The Morgan fingerprint density at radius 3 is 2.47 bits per heavy atom. The van der Waals surface area contributed by atoms with Crippen LogP contribution in [0.1, 0.15) is 25.7 Å². The van der Waals surface area contributed by atoms with Crippen LogP contribution < -0.4 is 4.74 Å². The Kier molecular flexibility index (Phi) is 6.08. The fraction of sp³-hybridized carbons (Fsp3) is 0.440. The number of imidazole rings is 1. The molecule has 0 saturated carbocycles. The summed E-state index contributed by atoms with van der Waals surface area (Å²) in [7, 11) is 0. The summed E-state index contributed by atoms with van der Waals surface area (Å²) in [5.41, 5.74) is 1.91. The Morgan fingerprint density at radius 2 is 1.69 bits per heavy atom.